The van der Waals surface area contributed by atoms with E-state index < -0.39 is 0 Å². The van der Waals surface area contributed by atoms with E-state index in [1.807, 2.05) is 19.1 Å². The maximum absolute atomic E-state index is 8.75. The van der Waals surface area contributed by atoms with Gasteiger partial charge in [0.15, 0.2) is 0 Å². The molecule has 0 aromatic heterocycles. The average molecular weight is 168 g/mol. The van der Waals surface area contributed by atoms with Gasteiger partial charge >= 0.3 is 0 Å². The van der Waals surface area contributed by atoms with Gasteiger partial charge in [-0.2, -0.15) is 0 Å². The molecule has 0 radical (unpaired) electrons. The SMILES string of the molecule is C=C/C=C(CCO)\C(=C/C)OC. The first kappa shape index (κ1) is 11.0. The Morgan fingerprint density at radius 1 is 1.58 bits per heavy atom. The van der Waals surface area contributed by atoms with Crippen molar-refractivity contribution in [3.8, 4) is 0 Å². The number of rotatable bonds is 5. The summed E-state index contributed by atoms with van der Waals surface area (Å²) >= 11 is 0. The monoisotopic (exact) mass is 168 g/mol. The number of aliphatic hydroxyl groups is 1. The second kappa shape index (κ2) is 6.68. The van der Waals surface area contributed by atoms with Crippen molar-refractivity contribution in [2.45, 2.75) is 13.3 Å². The minimum Gasteiger partial charge on any atom is -0.497 e. The van der Waals surface area contributed by atoms with E-state index in [2.05, 4.69) is 6.58 Å². The van der Waals surface area contributed by atoms with Crippen LogP contribution in [-0.4, -0.2) is 18.8 Å². The zero-order valence-electron chi connectivity index (χ0n) is 7.71. The van der Waals surface area contributed by atoms with Crippen LogP contribution in [0.5, 0.6) is 0 Å². The van der Waals surface area contributed by atoms with Gasteiger partial charge in [0.2, 0.25) is 0 Å². The van der Waals surface area contributed by atoms with E-state index in [0.717, 1.165) is 11.3 Å². The van der Waals surface area contributed by atoms with Crippen LogP contribution in [0.25, 0.3) is 0 Å². The number of methoxy groups -OCH3 is 1. The molecule has 0 spiro atoms. The second-order valence-corrected chi connectivity index (χ2v) is 2.26. The summed E-state index contributed by atoms with van der Waals surface area (Å²) in [6.45, 7) is 5.61. The third-order valence-corrected chi connectivity index (χ3v) is 1.50. The van der Waals surface area contributed by atoms with Crippen LogP contribution >= 0.6 is 0 Å². The fraction of sp³-hybridized carbons (Fsp3) is 0.400. The van der Waals surface area contributed by atoms with Gasteiger partial charge in [0.1, 0.15) is 5.76 Å². The summed E-state index contributed by atoms with van der Waals surface area (Å²) in [4.78, 5) is 0. The molecular weight excluding hydrogens is 152 g/mol. The Morgan fingerprint density at radius 2 is 2.25 bits per heavy atom. The molecule has 0 unspecified atom stereocenters. The van der Waals surface area contributed by atoms with E-state index in [-0.39, 0.29) is 6.61 Å². The normalized spacial score (nSPS) is 12.9. The minimum absolute atomic E-state index is 0.125. The van der Waals surface area contributed by atoms with E-state index in [4.69, 9.17) is 9.84 Å². The van der Waals surface area contributed by atoms with Crippen LogP contribution < -0.4 is 0 Å². The van der Waals surface area contributed by atoms with Crippen molar-refractivity contribution in [2.24, 2.45) is 0 Å². The molecule has 2 nitrogen and oxygen atoms in total. The molecule has 0 amide bonds. The lowest BCUT2D eigenvalue weighted by atomic mass is 10.1. The van der Waals surface area contributed by atoms with Gasteiger partial charge in [0.25, 0.3) is 0 Å². The maximum atomic E-state index is 8.75. The highest BCUT2D eigenvalue weighted by molar-refractivity contribution is 5.28. The van der Waals surface area contributed by atoms with Gasteiger partial charge in [0.05, 0.1) is 7.11 Å². The lowest BCUT2D eigenvalue weighted by molar-refractivity contribution is 0.275. The first-order chi connectivity index (χ1) is 5.79. The Labute approximate surface area is 73.9 Å². The van der Waals surface area contributed by atoms with E-state index >= 15 is 0 Å². The molecule has 0 bridgehead atoms. The van der Waals surface area contributed by atoms with Gasteiger partial charge in [-0.1, -0.05) is 18.7 Å². The van der Waals surface area contributed by atoms with Crippen molar-refractivity contribution in [1.82, 2.24) is 0 Å². The van der Waals surface area contributed by atoms with Crippen molar-refractivity contribution in [3.05, 3.63) is 36.1 Å². The van der Waals surface area contributed by atoms with Crippen LogP contribution in [0.1, 0.15) is 13.3 Å². The minimum atomic E-state index is 0.125. The summed E-state index contributed by atoms with van der Waals surface area (Å²) in [5.41, 5.74) is 0.970. The fourth-order valence-corrected chi connectivity index (χ4v) is 0.986. The van der Waals surface area contributed by atoms with Gasteiger partial charge in [-0.15, -0.1) is 0 Å². The topological polar surface area (TPSA) is 29.5 Å². The molecule has 0 rings (SSSR count). The van der Waals surface area contributed by atoms with E-state index in [1.54, 1.807) is 13.2 Å². The predicted octanol–water partition coefficient (Wildman–Crippen LogP) is 2.03. The maximum Gasteiger partial charge on any atom is 0.117 e. The van der Waals surface area contributed by atoms with Gasteiger partial charge in [-0.05, 0) is 25.0 Å². The molecule has 0 aliphatic carbocycles. The van der Waals surface area contributed by atoms with Crippen molar-refractivity contribution in [3.63, 3.8) is 0 Å². The number of ether oxygens (including phenoxy) is 1. The molecule has 68 valence electrons. The molecule has 0 aromatic carbocycles. The van der Waals surface area contributed by atoms with Crippen LogP contribution in [0.3, 0.4) is 0 Å². The van der Waals surface area contributed by atoms with E-state index in [0.29, 0.717) is 6.42 Å². The summed E-state index contributed by atoms with van der Waals surface area (Å²) in [6, 6.07) is 0. The van der Waals surface area contributed by atoms with E-state index in [1.165, 1.54) is 0 Å². The predicted molar refractivity (Wildman–Crippen MR) is 50.7 cm³/mol. The van der Waals surface area contributed by atoms with Crippen LogP contribution in [0.2, 0.25) is 0 Å². The van der Waals surface area contributed by atoms with Crippen molar-refractivity contribution < 1.29 is 9.84 Å². The number of hydrogen-bond donors (Lipinski definition) is 1. The lowest BCUT2D eigenvalue weighted by Gasteiger charge is -2.08. The van der Waals surface area contributed by atoms with Gasteiger partial charge in [0, 0.05) is 6.61 Å². The number of aliphatic hydroxyl groups excluding tert-OH is 1. The van der Waals surface area contributed by atoms with Crippen molar-refractivity contribution >= 4 is 0 Å². The highest BCUT2D eigenvalue weighted by atomic mass is 16.5. The van der Waals surface area contributed by atoms with Crippen molar-refractivity contribution in [2.75, 3.05) is 13.7 Å². The lowest BCUT2D eigenvalue weighted by Crippen LogP contribution is -1.95. The van der Waals surface area contributed by atoms with Gasteiger partial charge in [-0.3, -0.25) is 0 Å². The molecule has 0 heterocycles. The Hall–Kier alpha value is -1.02. The smallest absolute Gasteiger partial charge is 0.117 e. The number of allylic oxidation sites excluding steroid dienone is 4. The molecule has 0 fully saturated rings. The van der Waals surface area contributed by atoms with Crippen molar-refractivity contribution in [1.29, 1.82) is 0 Å². The van der Waals surface area contributed by atoms with Gasteiger partial charge in [-0.25, -0.2) is 0 Å². The molecule has 0 atom stereocenters. The third-order valence-electron chi connectivity index (χ3n) is 1.50. The standard InChI is InChI=1S/C10H16O2/c1-4-6-9(7-8-11)10(5-2)12-3/h4-6,11H,1,7-8H2,2-3H3/b9-6-,10-5+. The fourth-order valence-electron chi connectivity index (χ4n) is 0.986. The molecule has 0 saturated heterocycles. The van der Waals surface area contributed by atoms with Crippen LogP contribution in [0, 0.1) is 0 Å². The molecule has 0 aliphatic heterocycles. The summed E-state index contributed by atoms with van der Waals surface area (Å²) in [6.07, 6.45) is 5.99. The molecule has 2 heteroatoms. The Bertz CT molecular complexity index is 190. The quantitative estimate of drug-likeness (QED) is 0.502. The Balaban J connectivity index is 4.48. The van der Waals surface area contributed by atoms with Crippen LogP contribution in [0.15, 0.2) is 36.1 Å². The zero-order valence-corrected chi connectivity index (χ0v) is 7.71. The first-order valence-corrected chi connectivity index (χ1v) is 3.93. The highest BCUT2D eigenvalue weighted by Gasteiger charge is 2.01. The molecule has 12 heavy (non-hydrogen) atoms. The van der Waals surface area contributed by atoms with Crippen LogP contribution in [0.4, 0.5) is 0 Å². The highest BCUT2D eigenvalue weighted by Crippen LogP contribution is 2.14. The zero-order chi connectivity index (χ0) is 9.40. The molecule has 0 saturated carbocycles. The van der Waals surface area contributed by atoms with Crippen LogP contribution in [-0.2, 0) is 4.74 Å². The summed E-state index contributed by atoms with van der Waals surface area (Å²) < 4.78 is 5.10. The molecular formula is C10H16O2. The summed E-state index contributed by atoms with van der Waals surface area (Å²) in [7, 11) is 1.61. The molecule has 0 aromatic rings. The average Bonchev–Trinajstić information content (AvgIpc) is 2.07. The third kappa shape index (κ3) is 3.39. The molecule has 0 aliphatic rings. The molecule has 1 N–H and O–H groups in total. The van der Waals surface area contributed by atoms with Gasteiger partial charge < -0.3 is 9.84 Å². The summed E-state index contributed by atoms with van der Waals surface area (Å²) in [5, 5.41) is 8.75. The largest absolute Gasteiger partial charge is 0.497 e. The Kier molecular flexibility index (Phi) is 6.11. The second-order valence-electron chi connectivity index (χ2n) is 2.26. The number of hydrogen-bond acceptors (Lipinski definition) is 2. The Morgan fingerprint density at radius 3 is 2.58 bits per heavy atom. The first-order valence-electron chi connectivity index (χ1n) is 3.93. The van der Waals surface area contributed by atoms with E-state index in [9.17, 15) is 0 Å². The summed E-state index contributed by atoms with van der Waals surface area (Å²) in [5.74, 6) is 0.795.